The van der Waals surface area contributed by atoms with Gasteiger partial charge in [-0.15, -0.1) is 12.4 Å². The van der Waals surface area contributed by atoms with Crippen molar-refractivity contribution >= 4 is 29.4 Å². The van der Waals surface area contributed by atoms with Crippen molar-refractivity contribution in [2.24, 2.45) is 0 Å². The third-order valence-corrected chi connectivity index (χ3v) is 1.94. The van der Waals surface area contributed by atoms with Gasteiger partial charge in [0.2, 0.25) is 0 Å². The number of aromatic nitrogens is 2. The van der Waals surface area contributed by atoms with Crippen LogP contribution >= 0.6 is 12.4 Å². The highest BCUT2D eigenvalue weighted by Crippen LogP contribution is 2.19. The minimum absolute atomic E-state index is 0. The van der Waals surface area contributed by atoms with Crippen LogP contribution in [0.25, 0.3) is 11.0 Å². The Morgan fingerprint density at radius 2 is 2.27 bits per heavy atom. The van der Waals surface area contributed by atoms with Gasteiger partial charge in [-0.25, -0.2) is 4.98 Å². The van der Waals surface area contributed by atoms with Crippen LogP contribution < -0.4 is 10.5 Å². The number of nitrogen functional groups attached to an aromatic ring is 1. The molecule has 82 valence electrons. The summed E-state index contributed by atoms with van der Waals surface area (Å²) in [6.07, 6.45) is 1.00. The lowest BCUT2D eigenvalue weighted by Crippen LogP contribution is -1.94. The number of benzene rings is 1. The summed E-state index contributed by atoms with van der Waals surface area (Å²) in [6, 6.07) is 5.71. The first-order valence-corrected chi connectivity index (χ1v) is 4.67. The van der Waals surface area contributed by atoms with Crippen LogP contribution in [0.2, 0.25) is 0 Å². The zero-order valence-electron chi connectivity index (χ0n) is 8.49. The fraction of sp³-hybridized carbons (Fsp3) is 0.300. The standard InChI is InChI=1S/C10H13N3O.ClH/c1-2-5-14-7-3-4-8-9(6-7)13-10(11)12-8;/h3-4,6H,2,5H2,1H3,(H3,11,12,13);1H. The van der Waals surface area contributed by atoms with Crippen LogP contribution in [0.3, 0.4) is 0 Å². The van der Waals surface area contributed by atoms with E-state index in [-0.39, 0.29) is 12.4 Å². The van der Waals surface area contributed by atoms with Crippen LogP contribution in [0, 0.1) is 0 Å². The SMILES string of the molecule is CCCOc1ccc2nc(N)[nH]c2c1.Cl. The molecule has 2 rings (SSSR count). The molecule has 0 saturated heterocycles. The van der Waals surface area contributed by atoms with Gasteiger partial charge < -0.3 is 15.5 Å². The summed E-state index contributed by atoms with van der Waals surface area (Å²) in [6.45, 7) is 2.81. The van der Waals surface area contributed by atoms with Gasteiger partial charge in [0.1, 0.15) is 5.75 Å². The van der Waals surface area contributed by atoms with E-state index in [9.17, 15) is 0 Å². The van der Waals surface area contributed by atoms with Gasteiger partial charge in [0, 0.05) is 6.07 Å². The van der Waals surface area contributed by atoms with Crippen molar-refractivity contribution in [3.05, 3.63) is 18.2 Å². The highest BCUT2D eigenvalue weighted by atomic mass is 35.5. The van der Waals surface area contributed by atoms with Gasteiger partial charge in [-0.05, 0) is 18.6 Å². The van der Waals surface area contributed by atoms with Crippen molar-refractivity contribution in [3.63, 3.8) is 0 Å². The maximum absolute atomic E-state index is 5.53. The van der Waals surface area contributed by atoms with Crippen LogP contribution in [0.1, 0.15) is 13.3 Å². The smallest absolute Gasteiger partial charge is 0.198 e. The average molecular weight is 228 g/mol. The molecule has 0 aliphatic carbocycles. The Balaban J connectivity index is 0.00000112. The Morgan fingerprint density at radius 3 is 3.00 bits per heavy atom. The van der Waals surface area contributed by atoms with Crippen molar-refractivity contribution in [3.8, 4) is 5.75 Å². The summed E-state index contributed by atoms with van der Waals surface area (Å²) < 4.78 is 5.48. The molecule has 1 heterocycles. The van der Waals surface area contributed by atoms with Crippen molar-refractivity contribution in [2.45, 2.75) is 13.3 Å². The molecule has 15 heavy (non-hydrogen) atoms. The van der Waals surface area contributed by atoms with Gasteiger partial charge in [-0.3, -0.25) is 0 Å². The van der Waals surface area contributed by atoms with Gasteiger partial charge >= 0.3 is 0 Å². The molecule has 0 aliphatic heterocycles. The Kier molecular flexibility index (Phi) is 3.80. The number of fused-ring (bicyclic) bond motifs is 1. The molecular weight excluding hydrogens is 214 g/mol. The van der Waals surface area contributed by atoms with E-state index < -0.39 is 0 Å². The molecule has 0 amide bonds. The fourth-order valence-corrected chi connectivity index (χ4v) is 1.32. The van der Waals surface area contributed by atoms with E-state index in [2.05, 4.69) is 16.9 Å². The summed E-state index contributed by atoms with van der Waals surface area (Å²) in [4.78, 5) is 7.06. The molecule has 3 N–H and O–H groups in total. The first-order chi connectivity index (χ1) is 6.79. The lowest BCUT2D eigenvalue weighted by molar-refractivity contribution is 0.318. The number of anilines is 1. The first kappa shape index (κ1) is 11.7. The van der Waals surface area contributed by atoms with E-state index in [0.717, 1.165) is 29.8 Å². The maximum atomic E-state index is 5.53. The fourth-order valence-electron chi connectivity index (χ4n) is 1.32. The lowest BCUT2D eigenvalue weighted by Gasteiger charge is -2.02. The topological polar surface area (TPSA) is 63.9 Å². The molecule has 1 aromatic heterocycles. The van der Waals surface area contributed by atoms with Gasteiger partial charge in [0.25, 0.3) is 0 Å². The number of aromatic amines is 1. The third kappa shape index (κ3) is 2.53. The second-order valence-electron chi connectivity index (χ2n) is 3.15. The molecule has 5 heteroatoms. The summed E-state index contributed by atoms with van der Waals surface area (Å²) in [5.41, 5.74) is 7.31. The number of H-pyrrole nitrogens is 1. The molecular formula is C10H14ClN3O. The summed E-state index contributed by atoms with van der Waals surface area (Å²) in [7, 11) is 0. The summed E-state index contributed by atoms with van der Waals surface area (Å²) in [5, 5.41) is 0. The van der Waals surface area contributed by atoms with Gasteiger partial charge in [-0.2, -0.15) is 0 Å². The zero-order chi connectivity index (χ0) is 9.97. The maximum Gasteiger partial charge on any atom is 0.198 e. The molecule has 4 nitrogen and oxygen atoms in total. The van der Waals surface area contributed by atoms with E-state index in [1.165, 1.54) is 0 Å². The number of hydrogen-bond acceptors (Lipinski definition) is 3. The van der Waals surface area contributed by atoms with Crippen LogP contribution in [0.5, 0.6) is 5.75 Å². The molecule has 0 radical (unpaired) electrons. The van der Waals surface area contributed by atoms with Gasteiger partial charge in [0.15, 0.2) is 5.95 Å². The van der Waals surface area contributed by atoms with Crippen LogP contribution in [-0.4, -0.2) is 16.6 Å². The zero-order valence-corrected chi connectivity index (χ0v) is 9.30. The number of halogens is 1. The quantitative estimate of drug-likeness (QED) is 0.846. The van der Waals surface area contributed by atoms with Gasteiger partial charge in [0.05, 0.1) is 17.6 Å². The number of nitrogens with two attached hydrogens (primary N) is 1. The second kappa shape index (κ2) is 4.89. The van der Waals surface area contributed by atoms with E-state index >= 15 is 0 Å². The molecule has 0 unspecified atom stereocenters. The first-order valence-electron chi connectivity index (χ1n) is 4.67. The lowest BCUT2D eigenvalue weighted by atomic mass is 10.3. The highest BCUT2D eigenvalue weighted by Gasteiger charge is 2.01. The van der Waals surface area contributed by atoms with Crippen molar-refractivity contribution < 1.29 is 4.74 Å². The number of hydrogen-bond donors (Lipinski definition) is 2. The van der Waals surface area contributed by atoms with Crippen molar-refractivity contribution in [1.29, 1.82) is 0 Å². The Labute approximate surface area is 94.2 Å². The number of rotatable bonds is 3. The Bertz CT molecular complexity index is 441. The van der Waals surface area contributed by atoms with E-state index in [4.69, 9.17) is 10.5 Å². The molecule has 0 aliphatic rings. The van der Waals surface area contributed by atoms with Gasteiger partial charge in [-0.1, -0.05) is 6.92 Å². The van der Waals surface area contributed by atoms with E-state index in [1.807, 2.05) is 18.2 Å². The number of nitrogens with one attached hydrogen (secondary N) is 1. The number of nitrogens with zero attached hydrogens (tertiary/aromatic N) is 1. The molecule has 0 bridgehead atoms. The molecule has 2 aromatic rings. The third-order valence-electron chi connectivity index (χ3n) is 1.94. The molecule has 0 spiro atoms. The largest absolute Gasteiger partial charge is 0.494 e. The molecule has 1 aromatic carbocycles. The molecule has 0 fully saturated rings. The summed E-state index contributed by atoms with van der Waals surface area (Å²) in [5.74, 6) is 1.29. The van der Waals surface area contributed by atoms with Crippen LogP contribution in [0.4, 0.5) is 5.95 Å². The van der Waals surface area contributed by atoms with Crippen molar-refractivity contribution in [1.82, 2.24) is 9.97 Å². The summed E-state index contributed by atoms with van der Waals surface area (Å²) >= 11 is 0. The minimum Gasteiger partial charge on any atom is -0.494 e. The molecule has 0 atom stereocenters. The predicted octanol–water partition coefficient (Wildman–Crippen LogP) is 2.36. The molecule has 0 saturated carbocycles. The average Bonchev–Trinajstić information content (AvgIpc) is 2.54. The minimum atomic E-state index is 0. The number of ether oxygens (including phenoxy) is 1. The second-order valence-corrected chi connectivity index (χ2v) is 3.15. The van der Waals surface area contributed by atoms with Crippen LogP contribution in [0.15, 0.2) is 18.2 Å². The monoisotopic (exact) mass is 227 g/mol. The Hall–Kier alpha value is -1.42. The van der Waals surface area contributed by atoms with Crippen molar-refractivity contribution in [2.75, 3.05) is 12.3 Å². The highest BCUT2D eigenvalue weighted by molar-refractivity contribution is 5.85. The normalized spacial score (nSPS) is 9.93. The number of imidazole rings is 1. The Morgan fingerprint density at radius 1 is 1.47 bits per heavy atom. The van der Waals surface area contributed by atoms with E-state index in [0.29, 0.717) is 5.95 Å². The van der Waals surface area contributed by atoms with E-state index in [1.54, 1.807) is 0 Å². The van der Waals surface area contributed by atoms with Crippen LogP contribution in [-0.2, 0) is 0 Å². The predicted molar refractivity (Wildman–Crippen MR) is 63.5 cm³/mol.